The molecule has 0 spiro atoms. The number of carbonyl (C=O) groups is 4. The van der Waals surface area contributed by atoms with Crippen LogP contribution in [0.4, 0.5) is 0 Å². The van der Waals surface area contributed by atoms with E-state index in [1.807, 2.05) is 30.3 Å². The van der Waals surface area contributed by atoms with Gasteiger partial charge in [0.15, 0.2) is 0 Å². The first-order chi connectivity index (χ1) is 11.8. The Hall–Kier alpha value is -2.70. The Morgan fingerprint density at radius 2 is 1.68 bits per heavy atom. The lowest BCUT2D eigenvalue weighted by molar-refractivity contribution is -0.142. The second-order valence-electron chi connectivity index (χ2n) is 5.77. The second-order valence-corrected chi connectivity index (χ2v) is 5.77. The zero-order chi connectivity index (χ0) is 18.8. The molecule has 1 aromatic carbocycles. The van der Waals surface area contributed by atoms with E-state index in [0.717, 1.165) is 5.56 Å². The standard InChI is InChI=1S/C18H24N2O5/c1-3-14(22)9-10-15(18(24)25)20-17(23)16(19-12(2)21)11-13-7-5-4-6-8-13/h4-8,15-16H,3,9-11H2,1-2H3,(H,19,21)(H,20,23)(H,24,25)/t15-,16-/m0/s1. The minimum Gasteiger partial charge on any atom is -0.480 e. The maximum Gasteiger partial charge on any atom is 0.326 e. The van der Waals surface area contributed by atoms with Crippen molar-refractivity contribution in [3.05, 3.63) is 35.9 Å². The van der Waals surface area contributed by atoms with E-state index in [4.69, 9.17) is 0 Å². The van der Waals surface area contributed by atoms with Gasteiger partial charge in [0, 0.05) is 26.2 Å². The molecular formula is C18H24N2O5. The van der Waals surface area contributed by atoms with E-state index in [1.165, 1.54) is 6.92 Å². The summed E-state index contributed by atoms with van der Waals surface area (Å²) in [4.78, 5) is 46.5. The minimum atomic E-state index is -1.21. The molecule has 0 aliphatic rings. The van der Waals surface area contributed by atoms with Crippen LogP contribution in [0.25, 0.3) is 0 Å². The Morgan fingerprint density at radius 1 is 1.04 bits per heavy atom. The molecule has 0 saturated heterocycles. The highest BCUT2D eigenvalue weighted by Crippen LogP contribution is 2.06. The first kappa shape index (κ1) is 20.3. The highest BCUT2D eigenvalue weighted by atomic mass is 16.4. The average Bonchev–Trinajstić information content (AvgIpc) is 2.57. The van der Waals surface area contributed by atoms with E-state index < -0.39 is 24.0 Å². The number of carboxylic acid groups (broad SMARTS) is 1. The normalized spacial score (nSPS) is 12.7. The van der Waals surface area contributed by atoms with Gasteiger partial charge in [-0.25, -0.2) is 4.79 Å². The van der Waals surface area contributed by atoms with Crippen molar-refractivity contribution in [2.24, 2.45) is 0 Å². The van der Waals surface area contributed by atoms with Crippen LogP contribution in [0.5, 0.6) is 0 Å². The molecule has 0 aromatic heterocycles. The Morgan fingerprint density at radius 3 is 2.20 bits per heavy atom. The maximum absolute atomic E-state index is 12.4. The first-order valence-corrected chi connectivity index (χ1v) is 8.19. The predicted octanol–water partition coefficient (Wildman–Crippen LogP) is 1.06. The Balaban J connectivity index is 2.78. The SMILES string of the molecule is CCC(=O)CC[C@H](NC(=O)[C@H](Cc1ccccc1)NC(C)=O)C(=O)O. The van der Waals surface area contributed by atoms with Gasteiger partial charge in [0.25, 0.3) is 0 Å². The van der Waals surface area contributed by atoms with Crippen molar-refractivity contribution in [1.82, 2.24) is 10.6 Å². The van der Waals surface area contributed by atoms with Crippen LogP contribution in [0.3, 0.4) is 0 Å². The number of benzene rings is 1. The van der Waals surface area contributed by atoms with Crippen LogP contribution in [-0.4, -0.2) is 40.8 Å². The van der Waals surface area contributed by atoms with E-state index in [0.29, 0.717) is 6.42 Å². The molecule has 3 N–H and O–H groups in total. The van der Waals surface area contributed by atoms with Gasteiger partial charge in [-0.2, -0.15) is 0 Å². The summed E-state index contributed by atoms with van der Waals surface area (Å²) in [7, 11) is 0. The van der Waals surface area contributed by atoms with Crippen LogP contribution >= 0.6 is 0 Å². The molecule has 2 amide bonds. The summed E-state index contributed by atoms with van der Waals surface area (Å²) in [6, 6.07) is 7.04. The highest BCUT2D eigenvalue weighted by Gasteiger charge is 2.26. The first-order valence-electron chi connectivity index (χ1n) is 8.19. The Labute approximate surface area is 146 Å². The lowest BCUT2D eigenvalue weighted by Crippen LogP contribution is -2.52. The number of nitrogens with one attached hydrogen (secondary N) is 2. The molecule has 0 aliphatic heterocycles. The van der Waals surface area contributed by atoms with Crippen LogP contribution in [0.1, 0.15) is 38.7 Å². The molecule has 0 unspecified atom stereocenters. The molecule has 1 aromatic rings. The number of carboxylic acids is 1. The van der Waals surface area contributed by atoms with Crippen molar-refractivity contribution in [2.45, 2.75) is 51.6 Å². The molecule has 1 rings (SSSR count). The van der Waals surface area contributed by atoms with Gasteiger partial charge in [-0.1, -0.05) is 37.3 Å². The number of hydrogen-bond donors (Lipinski definition) is 3. The van der Waals surface area contributed by atoms with Gasteiger partial charge in [-0.05, 0) is 12.0 Å². The third kappa shape index (κ3) is 7.60. The van der Waals surface area contributed by atoms with Crippen molar-refractivity contribution in [2.75, 3.05) is 0 Å². The number of Topliss-reactive ketones (excluding diaryl/α,β-unsaturated/α-hetero) is 1. The fourth-order valence-electron chi connectivity index (χ4n) is 2.32. The largest absolute Gasteiger partial charge is 0.480 e. The summed E-state index contributed by atoms with van der Waals surface area (Å²) in [5.74, 6) is -2.25. The van der Waals surface area contributed by atoms with Gasteiger partial charge < -0.3 is 15.7 Å². The number of hydrogen-bond acceptors (Lipinski definition) is 4. The summed E-state index contributed by atoms with van der Waals surface area (Å²) in [5.41, 5.74) is 0.837. The van der Waals surface area contributed by atoms with Crippen LogP contribution in [0, 0.1) is 0 Å². The second kappa shape index (κ2) is 10.2. The van der Waals surface area contributed by atoms with Crippen molar-refractivity contribution < 1.29 is 24.3 Å². The van der Waals surface area contributed by atoms with E-state index in [1.54, 1.807) is 6.92 Å². The predicted molar refractivity (Wildman–Crippen MR) is 91.8 cm³/mol. The number of carbonyl (C=O) groups excluding carboxylic acids is 3. The third-order valence-corrected chi connectivity index (χ3v) is 3.70. The number of aliphatic carboxylic acids is 1. The molecule has 2 atom stereocenters. The van der Waals surface area contributed by atoms with Crippen LogP contribution in [-0.2, 0) is 25.6 Å². The maximum atomic E-state index is 12.4. The fraction of sp³-hybridized carbons (Fsp3) is 0.444. The Kier molecular flexibility index (Phi) is 8.32. The van der Waals surface area contributed by atoms with Gasteiger partial charge in [0.05, 0.1) is 0 Å². The number of ketones is 1. The summed E-state index contributed by atoms with van der Waals surface area (Å²) < 4.78 is 0. The fourth-order valence-corrected chi connectivity index (χ4v) is 2.32. The molecular weight excluding hydrogens is 324 g/mol. The molecule has 7 heteroatoms. The zero-order valence-electron chi connectivity index (χ0n) is 14.5. The lowest BCUT2D eigenvalue weighted by atomic mass is 10.0. The monoisotopic (exact) mass is 348 g/mol. The molecule has 0 heterocycles. The quantitative estimate of drug-likeness (QED) is 0.585. The molecule has 0 fully saturated rings. The third-order valence-electron chi connectivity index (χ3n) is 3.70. The lowest BCUT2D eigenvalue weighted by Gasteiger charge is -2.21. The van der Waals surface area contributed by atoms with E-state index >= 15 is 0 Å². The molecule has 136 valence electrons. The van der Waals surface area contributed by atoms with Crippen LogP contribution < -0.4 is 10.6 Å². The highest BCUT2D eigenvalue weighted by molar-refractivity contribution is 5.90. The van der Waals surface area contributed by atoms with Gasteiger partial charge in [-0.3, -0.25) is 14.4 Å². The molecule has 0 radical (unpaired) electrons. The molecule has 0 aliphatic carbocycles. The van der Waals surface area contributed by atoms with Crippen molar-refractivity contribution in [3.8, 4) is 0 Å². The minimum absolute atomic E-state index is 0.0197. The zero-order valence-corrected chi connectivity index (χ0v) is 14.5. The molecule has 25 heavy (non-hydrogen) atoms. The van der Waals surface area contributed by atoms with Gasteiger partial charge in [-0.15, -0.1) is 0 Å². The molecule has 7 nitrogen and oxygen atoms in total. The van der Waals surface area contributed by atoms with Crippen molar-refractivity contribution >= 4 is 23.6 Å². The van der Waals surface area contributed by atoms with Gasteiger partial charge >= 0.3 is 5.97 Å². The molecule has 0 saturated carbocycles. The van der Waals surface area contributed by atoms with Crippen LogP contribution in [0.15, 0.2) is 30.3 Å². The summed E-state index contributed by atoms with van der Waals surface area (Å²) >= 11 is 0. The Bertz CT molecular complexity index is 615. The molecule has 0 bridgehead atoms. The van der Waals surface area contributed by atoms with Gasteiger partial charge in [0.1, 0.15) is 17.9 Å². The van der Waals surface area contributed by atoms with E-state index in [9.17, 15) is 24.3 Å². The summed E-state index contributed by atoms with van der Waals surface area (Å²) in [6.45, 7) is 2.99. The van der Waals surface area contributed by atoms with Crippen molar-refractivity contribution in [1.29, 1.82) is 0 Å². The van der Waals surface area contributed by atoms with Gasteiger partial charge in [0.2, 0.25) is 11.8 Å². The number of amides is 2. The van der Waals surface area contributed by atoms with Crippen LogP contribution in [0.2, 0.25) is 0 Å². The van der Waals surface area contributed by atoms with Crippen molar-refractivity contribution in [3.63, 3.8) is 0 Å². The topological polar surface area (TPSA) is 113 Å². The smallest absolute Gasteiger partial charge is 0.326 e. The summed E-state index contributed by atoms with van der Waals surface area (Å²) in [5, 5.41) is 14.2. The average molecular weight is 348 g/mol. The summed E-state index contributed by atoms with van der Waals surface area (Å²) in [6.07, 6.45) is 0.665. The van der Waals surface area contributed by atoms with E-state index in [2.05, 4.69) is 10.6 Å². The number of rotatable bonds is 10. The van der Waals surface area contributed by atoms with E-state index in [-0.39, 0.29) is 31.0 Å².